The molecule has 0 aliphatic rings. The van der Waals surface area contributed by atoms with Gasteiger partial charge in [-0.25, -0.2) is 0 Å². The Bertz CT molecular complexity index is 382. The third-order valence-corrected chi connectivity index (χ3v) is 3.00. The van der Waals surface area contributed by atoms with Crippen LogP contribution < -0.4 is 5.32 Å². The Morgan fingerprint density at radius 1 is 1.56 bits per heavy atom. The SMILES string of the molecule is CSCC(C)Nc1cc(C)ccc1[N+](=O)[O-]. The minimum Gasteiger partial charge on any atom is -0.376 e. The van der Waals surface area contributed by atoms with Gasteiger partial charge in [0.25, 0.3) is 5.69 Å². The summed E-state index contributed by atoms with van der Waals surface area (Å²) in [5, 5.41) is 14.0. The van der Waals surface area contributed by atoms with Crippen LogP contribution in [0, 0.1) is 17.0 Å². The molecule has 0 saturated carbocycles. The monoisotopic (exact) mass is 240 g/mol. The molecule has 1 aromatic carbocycles. The second-order valence-electron chi connectivity index (χ2n) is 3.78. The first kappa shape index (κ1) is 12.8. The number of thioether (sulfide) groups is 1. The van der Waals surface area contributed by atoms with Gasteiger partial charge in [0.2, 0.25) is 0 Å². The number of nitro groups is 1. The largest absolute Gasteiger partial charge is 0.376 e. The highest BCUT2D eigenvalue weighted by Gasteiger charge is 2.14. The highest BCUT2D eigenvalue weighted by molar-refractivity contribution is 7.98. The van der Waals surface area contributed by atoms with E-state index in [0.29, 0.717) is 5.69 Å². The van der Waals surface area contributed by atoms with Crippen LogP contribution in [0.3, 0.4) is 0 Å². The van der Waals surface area contributed by atoms with Crippen LogP contribution in [0.25, 0.3) is 0 Å². The summed E-state index contributed by atoms with van der Waals surface area (Å²) in [5.74, 6) is 0.922. The second-order valence-corrected chi connectivity index (χ2v) is 4.69. The van der Waals surface area contributed by atoms with E-state index >= 15 is 0 Å². The molecule has 1 unspecified atom stereocenters. The number of aryl methyl sites for hydroxylation is 1. The molecule has 0 aliphatic heterocycles. The lowest BCUT2D eigenvalue weighted by Gasteiger charge is -2.14. The number of benzene rings is 1. The fraction of sp³-hybridized carbons (Fsp3) is 0.455. The van der Waals surface area contributed by atoms with Crippen molar-refractivity contribution in [1.82, 2.24) is 0 Å². The first-order valence-electron chi connectivity index (χ1n) is 5.05. The predicted octanol–water partition coefficient (Wildman–Crippen LogP) is 3.07. The number of hydrogen-bond acceptors (Lipinski definition) is 4. The molecule has 0 aromatic heterocycles. The number of nitrogens with zero attached hydrogens (tertiary/aromatic N) is 1. The Labute approximate surface area is 99.6 Å². The molecular weight excluding hydrogens is 224 g/mol. The molecule has 1 atom stereocenters. The lowest BCUT2D eigenvalue weighted by atomic mass is 10.2. The van der Waals surface area contributed by atoms with Crippen LogP contribution in [-0.4, -0.2) is 23.0 Å². The predicted molar refractivity (Wildman–Crippen MR) is 69.3 cm³/mol. The average Bonchev–Trinajstić information content (AvgIpc) is 2.17. The molecule has 0 spiro atoms. The Morgan fingerprint density at radius 2 is 2.25 bits per heavy atom. The molecule has 1 aromatic rings. The van der Waals surface area contributed by atoms with Crippen molar-refractivity contribution in [2.75, 3.05) is 17.3 Å². The van der Waals surface area contributed by atoms with Crippen molar-refractivity contribution >= 4 is 23.1 Å². The normalized spacial score (nSPS) is 12.2. The summed E-state index contributed by atoms with van der Waals surface area (Å²) >= 11 is 1.72. The molecule has 0 amide bonds. The summed E-state index contributed by atoms with van der Waals surface area (Å²) in [6.45, 7) is 3.94. The summed E-state index contributed by atoms with van der Waals surface area (Å²) in [7, 11) is 0. The van der Waals surface area contributed by atoms with E-state index in [1.54, 1.807) is 23.9 Å². The molecule has 5 heteroatoms. The molecule has 0 saturated heterocycles. The van der Waals surface area contributed by atoms with Crippen molar-refractivity contribution in [2.24, 2.45) is 0 Å². The summed E-state index contributed by atoms with van der Waals surface area (Å²) in [4.78, 5) is 10.5. The van der Waals surface area contributed by atoms with E-state index in [1.165, 1.54) is 0 Å². The van der Waals surface area contributed by atoms with Gasteiger partial charge in [0.05, 0.1) is 4.92 Å². The fourth-order valence-electron chi connectivity index (χ4n) is 1.48. The van der Waals surface area contributed by atoms with Gasteiger partial charge in [-0.15, -0.1) is 0 Å². The lowest BCUT2D eigenvalue weighted by Crippen LogP contribution is -2.18. The van der Waals surface area contributed by atoms with E-state index < -0.39 is 0 Å². The summed E-state index contributed by atoms with van der Waals surface area (Å²) in [5.41, 5.74) is 1.76. The standard InChI is InChI=1S/C11H16N2O2S/c1-8-4-5-11(13(14)15)10(6-8)12-9(2)7-16-3/h4-6,9,12H,7H2,1-3H3. The molecule has 88 valence electrons. The molecule has 0 heterocycles. The van der Waals surface area contributed by atoms with Crippen molar-refractivity contribution in [3.63, 3.8) is 0 Å². The Kier molecular flexibility index (Phi) is 4.61. The third kappa shape index (κ3) is 3.41. The third-order valence-electron chi connectivity index (χ3n) is 2.17. The van der Waals surface area contributed by atoms with Gasteiger partial charge < -0.3 is 5.32 Å². The topological polar surface area (TPSA) is 55.2 Å². The summed E-state index contributed by atoms with van der Waals surface area (Å²) < 4.78 is 0. The van der Waals surface area contributed by atoms with Gasteiger partial charge in [-0.2, -0.15) is 11.8 Å². The second kappa shape index (κ2) is 5.75. The molecule has 0 aliphatic carbocycles. The van der Waals surface area contributed by atoms with Crippen molar-refractivity contribution in [3.05, 3.63) is 33.9 Å². The van der Waals surface area contributed by atoms with Crippen LogP contribution >= 0.6 is 11.8 Å². The number of anilines is 1. The maximum Gasteiger partial charge on any atom is 0.292 e. The van der Waals surface area contributed by atoms with E-state index in [2.05, 4.69) is 5.32 Å². The van der Waals surface area contributed by atoms with E-state index in [0.717, 1.165) is 11.3 Å². The van der Waals surface area contributed by atoms with Gasteiger partial charge in [0, 0.05) is 17.9 Å². The maximum atomic E-state index is 10.8. The molecule has 1 rings (SSSR count). The Balaban J connectivity index is 2.92. The Morgan fingerprint density at radius 3 is 2.81 bits per heavy atom. The van der Waals surface area contributed by atoms with Crippen molar-refractivity contribution < 1.29 is 4.92 Å². The van der Waals surface area contributed by atoms with Gasteiger partial charge in [-0.1, -0.05) is 6.07 Å². The maximum absolute atomic E-state index is 10.8. The van der Waals surface area contributed by atoms with Gasteiger partial charge in [-0.3, -0.25) is 10.1 Å². The quantitative estimate of drug-likeness (QED) is 0.634. The van der Waals surface area contributed by atoms with Crippen molar-refractivity contribution in [2.45, 2.75) is 19.9 Å². The molecule has 4 nitrogen and oxygen atoms in total. The summed E-state index contributed by atoms with van der Waals surface area (Å²) in [6.07, 6.45) is 2.02. The number of nitrogens with one attached hydrogen (secondary N) is 1. The molecular formula is C11H16N2O2S. The van der Waals surface area contributed by atoms with Crippen molar-refractivity contribution in [3.8, 4) is 0 Å². The van der Waals surface area contributed by atoms with Crippen LogP contribution in [0.2, 0.25) is 0 Å². The van der Waals surface area contributed by atoms with Crippen molar-refractivity contribution in [1.29, 1.82) is 0 Å². The van der Waals surface area contributed by atoms with E-state index in [9.17, 15) is 10.1 Å². The number of hydrogen-bond donors (Lipinski definition) is 1. The number of nitro benzene ring substituents is 1. The first-order valence-corrected chi connectivity index (χ1v) is 6.44. The average molecular weight is 240 g/mol. The van der Waals surface area contributed by atoms with Gasteiger partial charge in [0.1, 0.15) is 5.69 Å². The zero-order chi connectivity index (χ0) is 12.1. The highest BCUT2D eigenvalue weighted by Crippen LogP contribution is 2.26. The molecule has 0 radical (unpaired) electrons. The van der Waals surface area contributed by atoms with Crippen LogP contribution in [-0.2, 0) is 0 Å². The minimum atomic E-state index is -0.354. The lowest BCUT2D eigenvalue weighted by molar-refractivity contribution is -0.384. The first-order chi connectivity index (χ1) is 7.54. The van der Waals surface area contributed by atoms with Gasteiger partial charge in [0.15, 0.2) is 0 Å². The Hall–Kier alpha value is -1.23. The van der Waals surface area contributed by atoms with Crippen LogP contribution in [0.1, 0.15) is 12.5 Å². The zero-order valence-corrected chi connectivity index (χ0v) is 10.5. The van der Waals surface area contributed by atoms with Gasteiger partial charge in [-0.05, 0) is 31.7 Å². The van der Waals surface area contributed by atoms with Crippen LogP contribution in [0.4, 0.5) is 11.4 Å². The molecule has 0 fully saturated rings. The minimum absolute atomic E-state index is 0.138. The van der Waals surface area contributed by atoms with E-state index in [-0.39, 0.29) is 16.7 Å². The van der Waals surface area contributed by atoms with Crippen LogP contribution in [0.15, 0.2) is 18.2 Å². The molecule has 1 N–H and O–H groups in total. The highest BCUT2D eigenvalue weighted by atomic mass is 32.2. The van der Waals surface area contributed by atoms with E-state index in [1.807, 2.05) is 26.2 Å². The fourth-order valence-corrected chi connectivity index (χ4v) is 2.07. The molecule has 16 heavy (non-hydrogen) atoms. The molecule has 0 bridgehead atoms. The smallest absolute Gasteiger partial charge is 0.292 e. The van der Waals surface area contributed by atoms with Gasteiger partial charge >= 0.3 is 0 Å². The van der Waals surface area contributed by atoms with E-state index in [4.69, 9.17) is 0 Å². The zero-order valence-electron chi connectivity index (χ0n) is 9.69. The van der Waals surface area contributed by atoms with Crippen LogP contribution in [0.5, 0.6) is 0 Å². The summed E-state index contributed by atoms with van der Waals surface area (Å²) in [6, 6.07) is 5.33. The number of rotatable bonds is 5.